The van der Waals surface area contributed by atoms with E-state index in [1.165, 1.54) is 24.1 Å². The third kappa shape index (κ3) is 8.34. The second kappa shape index (κ2) is 11.9. The fourth-order valence-electron chi connectivity index (χ4n) is 2.65. The number of guanidine groups is 1. The summed E-state index contributed by atoms with van der Waals surface area (Å²) in [5.41, 5.74) is 2.53. The lowest BCUT2D eigenvalue weighted by atomic mass is 10.1. The monoisotopic (exact) mass is 332 g/mol. The third-order valence-corrected chi connectivity index (χ3v) is 4.27. The van der Waals surface area contributed by atoms with E-state index in [-0.39, 0.29) is 0 Å². The van der Waals surface area contributed by atoms with E-state index < -0.39 is 0 Å². The van der Waals surface area contributed by atoms with Crippen LogP contribution < -0.4 is 10.6 Å². The molecule has 1 rings (SSSR count). The van der Waals surface area contributed by atoms with Crippen molar-refractivity contribution in [1.29, 1.82) is 0 Å². The molecular weight excluding hydrogens is 296 g/mol. The fourth-order valence-corrected chi connectivity index (χ4v) is 2.65. The van der Waals surface area contributed by atoms with Crippen molar-refractivity contribution in [1.82, 2.24) is 15.5 Å². The molecule has 1 aromatic carbocycles. The quantitative estimate of drug-likeness (QED) is 0.508. The number of nitrogens with one attached hydrogen (secondary N) is 2. The van der Waals surface area contributed by atoms with Crippen LogP contribution in [0.25, 0.3) is 0 Å². The molecule has 0 spiro atoms. The lowest BCUT2D eigenvalue weighted by Crippen LogP contribution is -2.42. The summed E-state index contributed by atoms with van der Waals surface area (Å²) in [5, 5.41) is 6.87. The van der Waals surface area contributed by atoms with Gasteiger partial charge < -0.3 is 15.5 Å². The number of aryl methyl sites for hydroxylation is 1. The number of hydrogen-bond acceptors (Lipinski definition) is 2. The fraction of sp³-hybridized carbons (Fsp3) is 0.650. The molecule has 136 valence electrons. The van der Waals surface area contributed by atoms with E-state index in [0.717, 1.165) is 32.0 Å². The number of nitrogens with zero attached hydrogens (tertiary/aromatic N) is 2. The Morgan fingerprint density at radius 3 is 2.38 bits per heavy atom. The maximum absolute atomic E-state index is 4.71. The van der Waals surface area contributed by atoms with E-state index in [2.05, 4.69) is 74.4 Å². The Bertz CT molecular complexity index is 463. The first-order valence-corrected chi connectivity index (χ1v) is 9.41. The second-order valence-corrected chi connectivity index (χ2v) is 6.40. The van der Waals surface area contributed by atoms with Gasteiger partial charge >= 0.3 is 0 Å². The van der Waals surface area contributed by atoms with Crippen LogP contribution >= 0.6 is 0 Å². The number of rotatable bonds is 10. The first-order valence-electron chi connectivity index (χ1n) is 9.41. The molecule has 2 N–H and O–H groups in total. The Hall–Kier alpha value is -1.55. The van der Waals surface area contributed by atoms with Gasteiger partial charge in [-0.15, -0.1) is 0 Å². The van der Waals surface area contributed by atoms with Gasteiger partial charge in [0.2, 0.25) is 0 Å². The summed E-state index contributed by atoms with van der Waals surface area (Å²) >= 11 is 0. The molecule has 1 atom stereocenters. The van der Waals surface area contributed by atoms with E-state index in [9.17, 15) is 0 Å². The number of aliphatic imine (C=N–C) groups is 1. The summed E-state index contributed by atoms with van der Waals surface area (Å²) in [5.74, 6) is 0.911. The average molecular weight is 333 g/mol. The summed E-state index contributed by atoms with van der Waals surface area (Å²) in [4.78, 5) is 7.19. The smallest absolute Gasteiger partial charge is 0.191 e. The zero-order chi connectivity index (χ0) is 17.8. The van der Waals surface area contributed by atoms with Gasteiger partial charge in [0.05, 0.1) is 6.54 Å². The predicted molar refractivity (Wildman–Crippen MR) is 106 cm³/mol. The molecule has 0 aliphatic carbocycles. The van der Waals surface area contributed by atoms with Gasteiger partial charge in [-0.2, -0.15) is 0 Å². The molecule has 0 aromatic heterocycles. The van der Waals surface area contributed by atoms with Crippen molar-refractivity contribution in [3.63, 3.8) is 0 Å². The van der Waals surface area contributed by atoms with Gasteiger partial charge in [0.1, 0.15) is 0 Å². The maximum Gasteiger partial charge on any atom is 0.191 e. The highest BCUT2D eigenvalue weighted by Gasteiger charge is 2.06. The second-order valence-electron chi connectivity index (χ2n) is 6.40. The van der Waals surface area contributed by atoms with Gasteiger partial charge in [-0.1, -0.05) is 43.7 Å². The minimum Gasteiger partial charge on any atom is -0.357 e. The highest BCUT2D eigenvalue weighted by atomic mass is 15.2. The topological polar surface area (TPSA) is 39.7 Å². The summed E-state index contributed by atoms with van der Waals surface area (Å²) in [6.45, 7) is 16.0. The van der Waals surface area contributed by atoms with Crippen LogP contribution in [-0.4, -0.2) is 43.1 Å². The average Bonchev–Trinajstić information content (AvgIpc) is 2.58. The molecule has 24 heavy (non-hydrogen) atoms. The molecule has 4 nitrogen and oxygen atoms in total. The summed E-state index contributed by atoms with van der Waals surface area (Å²) in [7, 11) is 0. The van der Waals surface area contributed by atoms with Crippen molar-refractivity contribution >= 4 is 5.96 Å². The normalized spacial score (nSPS) is 13.2. The molecule has 0 fully saturated rings. The lowest BCUT2D eigenvalue weighted by molar-refractivity contribution is 0.292. The van der Waals surface area contributed by atoms with Gasteiger partial charge in [0.25, 0.3) is 0 Å². The SMILES string of the molecule is CCNC(=NCc1ccc(C)cc1)NC(C)CCCN(CC)CC. The first-order chi connectivity index (χ1) is 11.6. The number of benzene rings is 1. The highest BCUT2D eigenvalue weighted by Crippen LogP contribution is 2.05. The Balaban J connectivity index is 2.45. The zero-order valence-corrected chi connectivity index (χ0v) is 16.2. The van der Waals surface area contributed by atoms with Crippen LogP contribution in [0.15, 0.2) is 29.3 Å². The molecule has 0 amide bonds. The molecule has 0 aliphatic rings. The first kappa shape index (κ1) is 20.5. The van der Waals surface area contributed by atoms with Crippen LogP contribution in [0.4, 0.5) is 0 Å². The van der Waals surface area contributed by atoms with Crippen molar-refractivity contribution in [2.24, 2.45) is 4.99 Å². The van der Waals surface area contributed by atoms with Gasteiger partial charge in [-0.25, -0.2) is 4.99 Å². The molecule has 0 bridgehead atoms. The predicted octanol–water partition coefficient (Wildman–Crippen LogP) is 3.56. The van der Waals surface area contributed by atoms with Crippen molar-refractivity contribution in [2.75, 3.05) is 26.2 Å². The lowest BCUT2D eigenvalue weighted by Gasteiger charge is -2.21. The minimum atomic E-state index is 0.427. The van der Waals surface area contributed by atoms with Crippen molar-refractivity contribution < 1.29 is 0 Å². The highest BCUT2D eigenvalue weighted by molar-refractivity contribution is 5.80. The van der Waals surface area contributed by atoms with Gasteiger partial charge in [-0.05, 0) is 58.8 Å². The largest absolute Gasteiger partial charge is 0.357 e. The van der Waals surface area contributed by atoms with Gasteiger partial charge in [0.15, 0.2) is 5.96 Å². The maximum atomic E-state index is 4.71. The van der Waals surface area contributed by atoms with Crippen LogP contribution in [0, 0.1) is 6.92 Å². The molecule has 1 unspecified atom stereocenters. The molecule has 0 saturated heterocycles. The third-order valence-electron chi connectivity index (χ3n) is 4.27. The molecule has 4 heteroatoms. The molecule has 1 aromatic rings. The Labute approximate surface area is 148 Å². The zero-order valence-electron chi connectivity index (χ0n) is 16.2. The molecule has 0 aliphatic heterocycles. The van der Waals surface area contributed by atoms with Crippen LogP contribution in [0.2, 0.25) is 0 Å². The summed E-state index contributed by atoms with van der Waals surface area (Å²) in [6, 6.07) is 9.00. The minimum absolute atomic E-state index is 0.427. The van der Waals surface area contributed by atoms with Crippen LogP contribution in [0.5, 0.6) is 0 Å². The Morgan fingerprint density at radius 2 is 1.79 bits per heavy atom. The summed E-state index contributed by atoms with van der Waals surface area (Å²) < 4.78 is 0. The van der Waals surface area contributed by atoms with E-state index in [0.29, 0.717) is 12.6 Å². The van der Waals surface area contributed by atoms with E-state index in [1.807, 2.05) is 0 Å². The molecule has 0 radical (unpaired) electrons. The Kier molecular flexibility index (Phi) is 10.2. The standard InChI is InChI=1S/C20H36N4/c1-6-21-20(22-16-19-13-11-17(4)12-14-19)23-18(5)10-9-15-24(7-2)8-3/h11-14,18H,6-10,15-16H2,1-5H3,(H2,21,22,23). The van der Waals surface area contributed by atoms with Crippen molar-refractivity contribution in [2.45, 2.75) is 60.0 Å². The van der Waals surface area contributed by atoms with E-state index in [1.54, 1.807) is 0 Å². The van der Waals surface area contributed by atoms with E-state index >= 15 is 0 Å². The van der Waals surface area contributed by atoms with Gasteiger partial charge in [-0.3, -0.25) is 0 Å². The van der Waals surface area contributed by atoms with Crippen LogP contribution in [-0.2, 0) is 6.54 Å². The van der Waals surface area contributed by atoms with Crippen molar-refractivity contribution in [3.8, 4) is 0 Å². The molecular formula is C20H36N4. The van der Waals surface area contributed by atoms with Gasteiger partial charge in [0, 0.05) is 12.6 Å². The van der Waals surface area contributed by atoms with E-state index in [4.69, 9.17) is 4.99 Å². The van der Waals surface area contributed by atoms with Crippen LogP contribution in [0.1, 0.15) is 51.7 Å². The van der Waals surface area contributed by atoms with Crippen LogP contribution in [0.3, 0.4) is 0 Å². The molecule has 0 saturated carbocycles. The van der Waals surface area contributed by atoms with Crippen molar-refractivity contribution in [3.05, 3.63) is 35.4 Å². The number of hydrogen-bond donors (Lipinski definition) is 2. The Morgan fingerprint density at radius 1 is 1.12 bits per heavy atom. The summed E-state index contributed by atoms with van der Waals surface area (Å²) in [6.07, 6.45) is 2.37. The molecule has 0 heterocycles.